The second kappa shape index (κ2) is 3.66. The lowest BCUT2D eigenvalue weighted by molar-refractivity contribution is 0.454. The van der Waals surface area contributed by atoms with Crippen LogP contribution >= 0.6 is 0 Å². The summed E-state index contributed by atoms with van der Waals surface area (Å²) in [5.41, 5.74) is 2.11. The lowest BCUT2D eigenvalue weighted by Crippen LogP contribution is -2.28. The van der Waals surface area contributed by atoms with Crippen molar-refractivity contribution < 1.29 is 4.42 Å². The summed E-state index contributed by atoms with van der Waals surface area (Å²) in [6.45, 7) is 2.18. The van der Waals surface area contributed by atoms with Gasteiger partial charge in [-0.3, -0.25) is 4.98 Å². The van der Waals surface area contributed by atoms with Crippen LogP contribution in [0.15, 0.2) is 29.0 Å². The standard InChI is InChI=1S/C12H14N2O/c1-2-9(7-13-4-1)11-6-12-10(8-14-11)3-5-15-12/h3,5-6,8-9,13H,1-2,4,7H2. The van der Waals surface area contributed by atoms with Crippen LogP contribution in [0.5, 0.6) is 0 Å². The van der Waals surface area contributed by atoms with Gasteiger partial charge < -0.3 is 9.73 Å². The predicted octanol–water partition coefficient (Wildman–Crippen LogP) is 2.29. The molecule has 1 aliphatic rings. The topological polar surface area (TPSA) is 38.1 Å². The zero-order valence-corrected chi connectivity index (χ0v) is 8.57. The Labute approximate surface area is 88.5 Å². The van der Waals surface area contributed by atoms with E-state index in [-0.39, 0.29) is 0 Å². The van der Waals surface area contributed by atoms with Crippen molar-refractivity contribution in [3.63, 3.8) is 0 Å². The number of nitrogens with one attached hydrogen (secondary N) is 1. The molecule has 3 nitrogen and oxygen atoms in total. The van der Waals surface area contributed by atoms with Crippen molar-refractivity contribution in [1.29, 1.82) is 0 Å². The molecule has 0 amide bonds. The van der Waals surface area contributed by atoms with E-state index in [9.17, 15) is 0 Å². The molecule has 0 aliphatic carbocycles. The Kier molecular flexibility index (Phi) is 2.18. The lowest BCUT2D eigenvalue weighted by atomic mass is 9.95. The van der Waals surface area contributed by atoms with E-state index in [1.807, 2.05) is 12.3 Å². The molecular formula is C12H14N2O. The van der Waals surface area contributed by atoms with Crippen LogP contribution in [0.3, 0.4) is 0 Å². The van der Waals surface area contributed by atoms with E-state index >= 15 is 0 Å². The summed E-state index contributed by atoms with van der Waals surface area (Å²) < 4.78 is 5.39. The van der Waals surface area contributed by atoms with E-state index < -0.39 is 0 Å². The molecule has 3 rings (SSSR count). The first-order valence-electron chi connectivity index (χ1n) is 5.47. The molecule has 1 unspecified atom stereocenters. The third-order valence-electron chi connectivity index (χ3n) is 3.07. The normalized spacial score (nSPS) is 22.0. The van der Waals surface area contributed by atoms with Crippen LogP contribution in [0.4, 0.5) is 0 Å². The van der Waals surface area contributed by atoms with Crippen LogP contribution < -0.4 is 5.32 Å². The quantitative estimate of drug-likeness (QED) is 0.771. The van der Waals surface area contributed by atoms with Gasteiger partial charge >= 0.3 is 0 Å². The number of furan rings is 1. The molecule has 2 aromatic rings. The van der Waals surface area contributed by atoms with E-state index in [4.69, 9.17) is 4.42 Å². The average molecular weight is 202 g/mol. The summed E-state index contributed by atoms with van der Waals surface area (Å²) >= 11 is 0. The summed E-state index contributed by atoms with van der Waals surface area (Å²) in [6.07, 6.45) is 6.09. The fourth-order valence-corrected chi connectivity index (χ4v) is 2.20. The van der Waals surface area contributed by atoms with Gasteiger partial charge in [0.25, 0.3) is 0 Å². The minimum Gasteiger partial charge on any atom is -0.464 e. The maximum absolute atomic E-state index is 5.39. The second-order valence-electron chi connectivity index (χ2n) is 4.11. The number of pyridine rings is 1. The Bertz CT molecular complexity index is 457. The van der Waals surface area contributed by atoms with Gasteiger partial charge in [0.1, 0.15) is 5.58 Å². The van der Waals surface area contributed by atoms with Crippen molar-refractivity contribution in [3.05, 3.63) is 30.3 Å². The predicted molar refractivity (Wildman–Crippen MR) is 58.9 cm³/mol. The number of fused-ring (bicyclic) bond motifs is 1. The van der Waals surface area contributed by atoms with Crippen LogP contribution in [0.25, 0.3) is 11.0 Å². The van der Waals surface area contributed by atoms with Gasteiger partial charge in [-0.05, 0) is 25.5 Å². The van der Waals surface area contributed by atoms with E-state index in [0.29, 0.717) is 5.92 Å². The highest BCUT2D eigenvalue weighted by atomic mass is 16.3. The fourth-order valence-electron chi connectivity index (χ4n) is 2.20. The summed E-state index contributed by atoms with van der Waals surface area (Å²) in [4.78, 5) is 4.50. The molecule has 0 spiro atoms. The Morgan fingerprint density at radius 3 is 3.33 bits per heavy atom. The molecule has 0 bridgehead atoms. The van der Waals surface area contributed by atoms with Crippen molar-refractivity contribution in [3.8, 4) is 0 Å². The van der Waals surface area contributed by atoms with Crippen molar-refractivity contribution in [2.45, 2.75) is 18.8 Å². The summed E-state index contributed by atoms with van der Waals surface area (Å²) in [6, 6.07) is 4.03. The van der Waals surface area contributed by atoms with Gasteiger partial charge in [-0.2, -0.15) is 0 Å². The maximum atomic E-state index is 5.39. The van der Waals surface area contributed by atoms with Crippen molar-refractivity contribution >= 4 is 11.0 Å². The van der Waals surface area contributed by atoms with Crippen molar-refractivity contribution in [2.75, 3.05) is 13.1 Å². The maximum Gasteiger partial charge on any atom is 0.137 e. The van der Waals surface area contributed by atoms with E-state index in [1.54, 1.807) is 6.26 Å². The summed E-state index contributed by atoms with van der Waals surface area (Å²) in [7, 11) is 0. The molecule has 0 aromatic carbocycles. The molecule has 3 heteroatoms. The van der Waals surface area contributed by atoms with Crippen molar-refractivity contribution in [2.24, 2.45) is 0 Å². The average Bonchev–Trinajstić information content (AvgIpc) is 2.77. The first kappa shape index (κ1) is 8.92. The van der Waals surface area contributed by atoms with Crippen LogP contribution in [0.1, 0.15) is 24.5 Å². The molecule has 1 saturated heterocycles. The van der Waals surface area contributed by atoms with Crippen LogP contribution in [0.2, 0.25) is 0 Å². The molecule has 2 aromatic heterocycles. The molecule has 1 atom stereocenters. The number of aromatic nitrogens is 1. The molecule has 78 valence electrons. The minimum absolute atomic E-state index is 0.549. The molecule has 1 N–H and O–H groups in total. The number of nitrogens with zero attached hydrogens (tertiary/aromatic N) is 1. The molecular weight excluding hydrogens is 188 g/mol. The molecule has 0 radical (unpaired) electrons. The van der Waals surface area contributed by atoms with E-state index in [1.165, 1.54) is 12.8 Å². The van der Waals surface area contributed by atoms with E-state index in [0.717, 1.165) is 29.8 Å². The van der Waals surface area contributed by atoms with Crippen LogP contribution in [0, 0.1) is 0 Å². The highest BCUT2D eigenvalue weighted by molar-refractivity contribution is 5.76. The third-order valence-corrected chi connectivity index (χ3v) is 3.07. The fraction of sp³-hybridized carbons (Fsp3) is 0.417. The lowest BCUT2D eigenvalue weighted by Gasteiger charge is -2.21. The first-order valence-corrected chi connectivity index (χ1v) is 5.47. The zero-order valence-electron chi connectivity index (χ0n) is 8.57. The van der Waals surface area contributed by atoms with Gasteiger partial charge in [0.2, 0.25) is 0 Å². The third kappa shape index (κ3) is 1.63. The summed E-state index contributed by atoms with van der Waals surface area (Å²) in [5, 5.41) is 4.49. The SMILES string of the molecule is c1cc2cnc(C3CCCNC3)cc2o1. The smallest absolute Gasteiger partial charge is 0.137 e. The van der Waals surface area contributed by atoms with Gasteiger partial charge in [0.15, 0.2) is 0 Å². The molecule has 3 heterocycles. The zero-order chi connectivity index (χ0) is 10.1. The molecule has 0 saturated carbocycles. The van der Waals surface area contributed by atoms with Gasteiger partial charge in [0, 0.05) is 35.8 Å². The number of hydrogen-bond donors (Lipinski definition) is 1. The van der Waals surface area contributed by atoms with Gasteiger partial charge in [-0.1, -0.05) is 0 Å². The number of piperidine rings is 1. The Morgan fingerprint density at radius 2 is 2.47 bits per heavy atom. The number of rotatable bonds is 1. The molecule has 15 heavy (non-hydrogen) atoms. The van der Waals surface area contributed by atoms with Crippen LogP contribution in [-0.2, 0) is 0 Å². The minimum atomic E-state index is 0.549. The number of hydrogen-bond acceptors (Lipinski definition) is 3. The Morgan fingerprint density at radius 1 is 1.47 bits per heavy atom. The largest absolute Gasteiger partial charge is 0.464 e. The first-order chi connectivity index (χ1) is 7.43. The van der Waals surface area contributed by atoms with Crippen LogP contribution in [-0.4, -0.2) is 18.1 Å². The molecule has 1 aliphatic heterocycles. The Balaban J connectivity index is 1.95. The van der Waals surface area contributed by atoms with Gasteiger partial charge in [-0.15, -0.1) is 0 Å². The van der Waals surface area contributed by atoms with Gasteiger partial charge in [0.05, 0.1) is 6.26 Å². The van der Waals surface area contributed by atoms with E-state index in [2.05, 4.69) is 16.4 Å². The second-order valence-corrected chi connectivity index (χ2v) is 4.11. The highest BCUT2D eigenvalue weighted by Crippen LogP contribution is 2.24. The highest BCUT2D eigenvalue weighted by Gasteiger charge is 2.16. The summed E-state index contributed by atoms with van der Waals surface area (Å²) in [5.74, 6) is 0.549. The van der Waals surface area contributed by atoms with Crippen molar-refractivity contribution in [1.82, 2.24) is 10.3 Å². The Hall–Kier alpha value is -1.35. The van der Waals surface area contributed by atoms with Gasteiger partial charge in [-0.25, -0.2) is 0 Å². The monoisotopic (exact) mass is 202 g/mol. The molecule has 1 fully saturated rings.